The second-order valence-electron chi connectivity index (χ2n) is 6.03. The Balaban J connectivity index is 1.80. The van der Waals surface area contributed by atoms with Gasteiger partial charge in [-0.05, 0) is 36.8 Å². The molecule has 1 unspecified atom stereocenters. The van der Waals surface area contributed by atoms with E-state index >= 15 is 0 Å². The first-order valence-corrected chi connectivity index (χ1v) is 7.80. The van der Waals surface area contributed by atoms with Gasteiger partial charge in [0.1, 0.15) is 5.75 Å². The Morgan fingerprint density at radius 2 is 2.12 bits per heavy atom. The number of pyridine rings is 1. The SMILES string of the molecule is NC1CCN(C(=O)c2cc(-c3ccc(O)cc3)nc3[nH]ncc23)C1. The number of benzene rings is 1. The maximum absolute atomic E-state index is 12.9. The van der Waals surface area contributed by atoms with Gasteiger partial charge in [0.2, 0.25) is 0 Å². The van der Waals surface area contributed by atoms with E-state index < -0.39 is 0 Å². The molecule has 1 atom stereocenters. The maximum Gasteiger partial charge on any atom is 0.254 e. The molecule has 0 bridgehead atoms. The second-order valence-corrected chi connectivity index (χ2v) is 6.03. The highest BCUT2D eigenvalue weighted by atomic mass is 16.3. The summed E-state index contributed by atoms with van der Waals surface area (Å²) in [5, 5.41) is 17.0. The van der Waals surface area contributed by atoms with Gasteiger partial charge in [0, 0.05) is 24.7 Å². The first-order chi connectivity index (χ1) is 11.6. The number of rotatable bonds is 2. The lowest BCUT2D eigenvalue weighted by Gasteiger charge is -2.16. The zero-order valence-electron chi connectivity index (χ0n) is 12.9. The van der Waals surface area contributed by atoms with Crippen LogP contribution in [0.4, 0.5) is 0 Å². The van der Waals surface area contributed by atoms with Crippen LogP contribution in [0.5, 0.6) is 5.75 Å². The number of aromatic hydroxyl groups is 1. The monoisotopic (exact) mass is 323 g/mol. The molecular formula is C17H17N5O2. The Morgan fingerprint density at radius 3 is 2.83 bits per heavy atom. The average molecular weight is 323 g/mol. The quantitative estimate of drug-likeness (QED) is 0.662. The topological polar surface area (TPSA) is 108 Å². The van der Waals surface area contributed by atoms with Crippen LogP contribution in [0, 0.1) is 0 Å². The summed E-state index contributed by atoms with van der Waals surface area (Å²) in [4.78, 5) is 19.2. The van der Waals surface area contributed by atoms with E-state index in [2.05, 4.69) is 15.2 Å². The Morgan fingerprint density at radius 1 is 1.33 bits per heavy atom. The minimum Gasteiger partial charge on any atom is -0.508 e. The fourth-order valence-electron chi connectivity index (χ4n) is 3.03. The Labute approximate surface area is 138 Å². The van der Waals surface area contributed by atoms with Crippen molar-refractivity contribution in [3.8, 4) is 17.0 Å². The molecule has 1 aliphatic rings. The number of fused-ring (bicyclic) bond motifs is 1. The number of nitrogens with two attached hydrogens (primary N) is 1. The molecule has 0 saturated carbocycles. The van der Waals surface area contributed by atoms with Crippen molar-refractivity contribution in [2.24, 2.45) is 5.73 Å². The van der Waals surface area contributed by atoms with Gasteiger partial charge >= 0.3 is 0 Å². The largest absolute Gasteiger partial charge is 0.508 e. The van der Waals surface area contributed by atoms with Crippen LogP contribution < -0.4 is 5.73 Å². The van der Waals surface area contributed by atoms with Crippen molar-refractivity contribution in [3.63, 3.8) is 0 Å². The van der Waals surface area contributed by atoms with Gasteiger partial charge in [-0.15, -0.1) is 0 Å². The normalized spacial score (nSPS) is 17.5. The molecule has 0 spiro atoms. The summed E-state index contributed by atoms with van der Waals surface area (Å²) in [6, 6.07) is 8.52. The Hall–Kier alpha value is -2.93. The second kappa shape index (κ2) is 5.61. The van der Waals surface area contributed by atoms with Gasteiger partial charge < -0.3 is 15.7 Å². The minimum atomic E-state index is -0.0585. The van der Waals surface area contributed by atoms with E-state index in [-0.39, 0.29) is 17.7 Å². The van der Waals surface area contributed by atoms with Crippen molar-refractivity contribution in [1.82, 2.24) is 20.1 Å². The Bertz CT molecular complexity index is 903. The molecule has 1 aliphatic heterocycles. The zero-order chi connectivity index (χ0) is 16.7. The van der Waals surface area contributed by atoms with Gasteiger partial charge in [-0.1, -0.05) is 0 Å². The number of carbonyl (C=O) groups excluding carboxylic acids is 1. The molecule has 7 nitrogen and oxygen atoms in total. The van der Waals surface area contributed by atoms with Crippen molar-refractivity contribution < 1.29 is 9.90 Å². The lowest BCUT2D eigenvalue weighted by atomic mass is 10.1. The van der Waals surface area contributed by atoms with E-state index in [9.17, 15) is 9.90 Å². The van der Waals surface area contributed by atoms with Gasteiger partial charge in [0.15, 0.2) is 5.65 Å². The molecule has 1 amide bonds. The first-order valence-electron chi connectivity index (χ1n) is 7.80. The molecule has 1 saturated heterocycles. The maximum atomic E-state index is 12.9. The third-order valence-corrected chi connectivity index (χ3v) is 4.33. The number of H-pyrrole nitrogens is 1. The molecule has 7 heteroatoms. The van der Waals surface area contributed by atoms with E-state index in [0.717, 1.165) is 12.0 Å². The van der Waals surface area contributed by atoms with Crippen LogP contribution in [-0.4, -0.2) is 50.2 Å². The van der Waals surface area contributed by atoms with Gasteiger partial charge in [0.25, 0.3) is 5.91 Å². The zero-order valence-corrected chi connectivity index (χ0v) is 12.9. The standard InChI is InChI=1S/C17H17N5O2/c18-11-5-6-22(9-11)17(24)13-7-15(10-1-3-12(23)4-2-10)20-16-14(13)8-19-21-16/h1-4,7-8,11,23H,5-6,9,18H2,(H,19,20,21). The number of likely N-dealkylation sites (tertiary alicyclic amines) is 1. The van der Waals surface area contributed by atoms with Crippen molar-refractivity contribution in [2.75, 3.05) is 13.1 Å². The number of amides is 1. The summed E-state index contributed by atoms with van der Waals surface area (Å²) in [5.41, 5.74) is 8.51. The van der Waals surface area contributed by atoms with Crippen molar-refractivity contribution in [2.45, 2.75) is 12.5 Å². The predicted molar refractivity (Wildman–Crippen MR) is 89.5 cm³/mol. The molecular weight excluding hydrogens is 306 g/mol. The fourth-order valence-corrected chi connectivity index (χ4v) is 3.03. The highest BCUT2D eigenvalue weighted by Crippen LogP contribution is 2.26. The summed E-state index contributed by atoms with van der Waals surface area (Å²) < 4.78 is 0. The number of hydrogen-bond donors (Lipinski definition) is 3. The van der Waals surface area contributed by atoms with Crippen LogP contribution in [0.15, 0.2) is 36.5 Å². The molecule has 0 aliphatic carbocycles. The number of hydrogen-bond acceptors (Lipinski definition) is 5. The summed E-state index contributed by atoms with van der Waals surface area (Å²) in [5.74, 6) is 0.125. The Kier molecular flexibility index (Phi) is 3.42. The third kappa shape index (κ3) is 2.48. The summed E-state index contributed by atoms with van der Waals surface area (Å²) in [6.45, 7) is 1.23. The number of carbonyl (C=O) groups is 1. The lowest BCUT2D eigenvalue weighted by Crippen LogP contribution is -2.32. The first kappa shape index (κ1) is 14.6. The summed E-state index contributed by atoms with van der Waals surface area (Å²) in [7, 11) is 0. The molecule has 3 aromatic rings. The predicted octanol–water partition coefficient (Wildman–Crippen LogP) is 1.50. The lowest BCUT2D eigenvalue weighted by molar-refractivity contribution is 0.0793. The highest BCUT2D eigenvalue weighted by Gasteiger charge is 2.26. The number of phenolic OH excluding ortho intramolecular Hbond substituents is 1. The number of nitrogens with one attached hydrogen (secondary N) is 1. The molecule has 2 aromatic heterocycles. The number of phenols is 1. The number of aromatic nitrogens is 3. The fraction of sp³-hybridized carbons (Fsp3) is 0.235. The van der Waals surface area contributed by atoms with Crippen molar-refractivity contribution in [1.29, 1.82) is 0 Å². The number of aromatic amines is 1. The smallest absolute Gasteiger partial charge is 0.254 e. The van der Waals surface area contributed by atoms with Gasteiger partial charge in [-0.2, -0.15) is 5.10 Å². The van der Waals surface area contributed by atoms with Crippen LogP contribution in [-0.2, 0) is 0 Å². The average Bonchev–Trinajstić information content (AvgIpc) is 3.22. The van der Waals surface area contributed by atoms with Crippen LogP contribution in [0.2, 0.25) is 0 Å². The molecule has 1 fully saturated rings. The molecule has 3 heterocycles. The third-order valence-electron chi connectivity index (χ3n) is 4.33. The van der Waals surface area contributed by atoms with Crippen LogP contribution >= 0.6 is 0 Å². The van der Waals surface area contributed by atoms with E-state index in [1.165, 1.54) is 0 Å². The molecule has 1 aromatic carbocycles. The van der Waals surface area contributed by atoms with E-state index in [1.54, 1.807) is 41.4 Å². The summed E-state index contributed by atoms with van der Waals surface area (Å²) >= 11 is 0. The van der Waals surface area contributed by atoms with Crippen molar-refractivity contribution >= 4 is 16.9 Å². The van der Waals surface area contributed by atoms with Crippen LogP contribution in [0.25, 0.3) is 22.3 Å². The van der Waals surface area contributed by atoms with Crippen LogP contribution in [0.3, 0.4) is 0 Å². The molecule has 0 radical (unpaired) electrons. The molecule has 24 heavy (non-hydrogen) atoms. The summed E-state index contributed by atoms with van der Waals surface area (Å²) in [6.07, 6.45) is 2.43. The van der Waals surface area contributed by atoms with E-state index in [0.29, 0.717) is 35.4 Å². The van der Waals surface area contributed by atoms with E-state index in [4.69, 9.17) is 5.73 Å². The van der Waals surface area contributed by atoms with Crippen molar-refractivity contribution in [3.05, 3.63) is 42.1 Å². The van der Waals surface area contributed by atoms with Gasteiger partial charge in [-0.25, -0.2) is 4.98 Å². The minimum absolute atomic E-state index is 0.0344. The van der Waals surface area contributed by atoms with Gasteiger partial charge in [0.05, 0.1) is 22.8 Å². The number of nitrogens with zero attached hydrogens (tertiary/aromatic N) is 3. The van der Waals surface area contributed by atoms with Gasteiger partial charge in [-0.3, -0.25) is 9.89 Å². The molecule has 4 N–H and O–H groups in total. The molecule has 4 rings (SSSR count). The van der Waals surface area contributed by atoms with E-state index in [1.807, 2.05) is 0 Å². The highest BCUT2D eigenvalue weighted by molar-refractivity contribution is 6.06. The molecule has 122 valence electrons. The van der Waals surface area contributed by atoms with Crippen LogP contribution in [0.1, 0.15) is 16.8 Å².